The average Bonchev–Trinajstić information content (AvgIpc) is 2.89. The highest BCUT2D eigenvalue weighted by Crippen LogP contribution is 2.35. The molecule has 0 heterocycles. The Labute approximate surface area is 217 Å². The zero-order valence-electron chi connectivity index (χ0n) is 20.0. The Bertz CT molecular complexity index is 1320. The van der Waals surface area contributed by atoms with Crippen molar-refractivity contribution >= 4 is 33.4 Å². The second-order valence-electron chi connectivity index (χ2n) is 7.59. The Morgan fingerprint density at radius 2 is 1.65 bits per heavy atom. The third kappa shape index (κ3) is 7.32. The lowest BCUT2D eigenvalue weighted by Gasteiger charge is -2.25. The molecule has 0 atom stereocenters. The van der Waals surface area contributed by atoms with E-state index in [9.17, 15) is 26.4 Å². The fraction of sp³-hybridized carbons (Fsp3) is 0.240. The summed E-state index contributed by atoms with van der Waals surface area (Å²) in [4.78, 5) is 13.4. The summed E-state index contributed by atoms with van der Waals surface area (Å²) < 4.78 is 78.2. The molecule has 0 bridgehead atoms. The van der Waals surface area contributed by atoms with Gasteiger partial charge in [-0.3, -0.25) is 9.10 Å². The van der Waals surface area contributed by atoms with E-state index in [1.54, 1.807) is 0 Å². The van der Waals surface area contributed by atoms with E-state index in [1.165, 1.54) is 50.2 Å². The number of carbonyl (C=O) groups excluding carboxylic acids is 1. The zero-order valence-corrected chi connectivity index (χ0v) is 21.6. The van der Waals surface area contributed by atoms with E-state index < -0.39 is 34.2 Å². The number of ether oxygens (including phenoxy) is 2. The molecule has 1 amide bonds. The van der Waals surface area contributed by atoms with Gasteiger partial charge in [0.1, 0.15) is 6.54 Å². The number of hydrogen-bond acceptors (Lipinski definition) is 6. The number of benzene rings is 3. The van der Waals surface area contributed by atoms with Crippen molar-refractivity contribution in [3.8, 4) is 11.5 Å². The summed E-state index contributed by atoms with van der Waals surface area (Å²) in [6.07, 6.45) is -4.70. The summed E-state index contributed by atoms with van der Waals surface area (Å²) in [6.45, 7) is -0.501. The number of hydrogen-bond donors (Lipinski definition) is 1. The Hall–Kier alpha value is -3.38. The van der Waals surface area contributed by atoms with E-state index in [2.05, 4.69) is 5.32 Å². The van der Waals surface area contributed by atoms with Crippen LogP contribution in [0.5, 0.6) is 11.5 Å². The first-order valence-corrected chi connectivity index (χ1v) is 13.4. The minimum absolute atomic E-state index is 0.106. The van der Waals surface area contributed by atoms with Gasteiger partial charge in [0, 0.05) is 23.3 Å². The maximum Gasteiger partial charge on any atom is 0.416 e. The van der Waals surface area contributed by atoms with E-state index in [1.807, 2.05) is 30.3 Å². The number of alkyl halides is 3. The summed E-state index contributed by atoms with van der Waals surface area (Å²) in [5.41, 5.74) is -1.35. The zero-order chi connectivity index (χ0) is 27.1. The largest absolute Gasteiger partial charge is 0.493 e. The van der Waals surface area contributed by atoms with Crippen LogP contribution in [-0.4, -0.2) is 47.4 Å². The first-order valence-electron chi connectivity index (χ1n) is 10.9. The van der Waals surface area contributed by atoms with E-state index in [0.717, 1.165) is 17.0 Å². The molecule has 0 fully saturated rings. The van der Waals surface area contributed by atoms with E-state index in [4.69, 9.17) is 9.47 Å². The number of methoxy groups -OCH3 is 2. The summed E-state index contributed by atoms with van der Waals surface area (Å²) >= 11 is 1.49. The predicted octanol–water partition coefficient (Wildman–Crippen LogP) is 4.83. The van der Waals surface area contributed by atoms with E-state index in [0.29, 0.717) is 16.1 Å². The van der Waals surface area contributed by atoms with Gasteiger partial charge in [0.15, 0.2) is 11.5 Å². The fourth-order valence-corrected chi connectivity index (χ4v) is 5.54. The fourth-order valence-electron chi connectivity index (χ4n) is 3.32. The van der Waals surface area contributed by atoms with Crippen molar-refractivity contribution in [1.29, 1.82) is 0 Å². The normalized spacial score (nSPS) is 11.6. The summed E-state index contributed by atoms with van der Waals surface area (Å²) in [6, 6.07) is 17.0. The second-order valence-corrected chi connectivity index (χ2v) is 10.6. The summed E-state index contributed by atoms with van der Waals surface area (Å²) in [7, 11) is -1.78. The van der Waals surface area contributed by atoms with Crippen LogP contribution in [0.3, 0.4) is 0 Å². The number of thioether (sulfide) groups is 1. The molecule has 0 saturated heterocycles. The first kappa shape index (κ1) is 28.2. The molecule has 3 aromatic carbocycles. The third-order valence-corrected chi connectivity index (χ3v) is 7.91. The highest BCUT2D eigenvalue weighted by atomic mass is 32.2. The van der Waals surface area contributed by atoms with Gasteiger partial charge in [0.2, 0.25) is 5.91 Å². The van der Waals surface area contributed by atoms with Crippen molar-refractivity contribution in [3.63, 3.8) is 0 Å². The van der Waals surface area contributed by atoms with Crippen molar-refractivity contribution < 1.29 is 35.9 Å². The van der Waals surface area contributed by atoms with Crippen molar-refractivity contribution in [2.75, 3.05) is 37.4 Å². The number of nitrogens with zero attached hydrogens (tertiary/aromatic N) is 1. The molecule has 12 heteroatoms. The number of rotatable bonds is 11. The van der Waals surface area contributed by atoms with Crippen molar-refractivity contribution in [1.82, 2.24) is 5.32 Å². The number of amides is 1. The molecule has 37 heavy (non-hydrogen) atoms. The molecule has 1 N–H and O–H groups in total. The summed E-state index contributed by atoms with van der Waals surface area (Å²) in [5.74, 6) is 0.215. The van der Waals surface area contributed by atoms with Gasteiger partial charge >= 0.3 is 6.18 Å². The van der Waals surface area contributed by atoms with Gasteiger partial charge in [-0.2, -0.15) is 13.2 Å². The average molecular weight is 555 g/mol. The van der Waals surface area contributed by atoms with Crippen LogP contribution in [0.4, 0.5) is 18.9 Å². The highest BCUT2D eigenvalue weighted by Gasteiger charge is 2.33. The molecule has 0 aromatic heterocycles. The maximum absolute atomic E-state index is 13.6. The molecule has 0 aliphatic rings. The number of anilines is 1. The van der Waals surface area contributed by atoms with Crippen LogP contribution < -0.4 is 19.1 Å². The monoisotopic (exact) mass is 554 g/mol. The van der Waals surface area contributed by atoms with Crippen LogP contribution in [0.15, 0.2) is 82.6 Å². The quantitative estimate of drug-likeness (QED) is 0.270. The lowest BCUT2D eigenvalue weighted by Crippen LogP contribution is -2.41. The molecule has 0 spiro atoms. The third-order valence-electron chi connectivity index (χ3n) is 5.13. The molecule has 0 aliphatic heterocycles. The Morgan fingerprint density at radius 1 is 0.946 bits per heavy atom. The maximum atomic E-state index is 13.6. The number of sulfonamides is 1. The van der Waals surface area contributed by atoms with Crippen molar-refractivity contribution in [2.24, 2.45) is 0 Å². The van der Waals surface area contributed by atoms with Crippen molar-refractivity contribution in [2.45, 2.75) is 16.0 Å². The predicted molar refractivity (Wildman–Crippen MR) is 136 cm³/mol. The smallest absolute Gasteiger partial charge is 0.416 e. The minimum Gasteiger partial charge on any atom is -0.493 e. The molecular formula is C25H25F3N2O5S2. The van der Waals surface area contributed by atoms with Gasteiger partial charge in [-0.1, -0.05) is 24.3 Å². The molecule has 0 radical (unpaired) electrons. The molecule has 0 unspecified atom stereocenters. The number of carbonyl (C=O) groups is 1. The molecule has 3 aromatic rings. The molecule has 0 saturated carbocycles. The molecular weight excluding hydrogens is 529 g/mol. The molecule has 0 aliphatic carbocycles. The SMILES string of the molecule is COc1ccc(S(=O)(=O)N(CC(=O)NCCSc2ccccc2)c2cccc(C(F)(F)F)c2)cc1OC. The standard InChI is InChI=1S/C25H25F3N2O5S2/c1-34-22-12-11-21(16-23(22)35-2)37(32,33)30(19-8-6-7-18(15-19)25(26,27)28)17-24(31)29-13-14-36-20-9-4-3-5-10-20/h3-12,15-16H,13-14,17H2,1-2H3,(H,29,31). The van der Waals surface area contributed by atoms with Crippen LogP contribution in [0.2, 0.25) is 0 Å². The Morgan fingerprint density at radius 3 is 2.30 bits per heavy atom. The minimum atomic E-state index is -4.70. The van der Waals surface area contributed by atoms with Crippen LogP contribution in [-0.2, 0) is 21.0 Å². The number of nitrogens with one attached hydrogen (secondary N) is 1. The van der Waals surface area contributed by atoms with Gasteiger partial charge < -0.3 is 14.8 Å². The van der Waals surface area contributed by atoms with Gasteiger partial charge in [-0.15, -0.1) is 11.8 Å². The first-order chi connectivity index (χ1) is 17.6. The van der Waals surface area contributed by atoms with Gasteiger partial charge in [-0.25, -0.2) is 8.42 Å². The second kappa shape index (κ2) is 12.2. The topological polar surface area (TPSA) is 84.9 Å². The van der Waals surface area contributed by atoms with Crippen LogP contribution in [0.25, 0.3) is 0 Å². The lowest BCUT2D eigenvalue weighted by molar-refractivity contribution is -0.137. The molecule has 3 rings (SSSR count). The van der Waals surface area contributed by atoms with Crippen LogP contribution >= 0.6 is 11.8 Å². The van der Waals surface area contributed by atoms with Crippen molar-refractivity contribution in [3.05, 3.63) is 78.4 Å². The van der Waals surface area contributed by atoms with Gasteiger partial charge in [0.05, 0.1) is 30.4 Å². The lowest BCUT2D eigenvalue weighted by atomic mass is 10.2. The summed E-state index contributed by atoms with van der Waals surface area (Å²) in [5, 5.41) is 2.63. The Balaban J connectivity index is 1.87. The van der Waals surface area contributed by atoms with Crippen LogP contribution in [0.1, 0.15) is 5.56 Å². The molecule has 7 nitrogen and oxygen atoms in total. The van der Waals surface area contributed by atoms with E-state index in [-0.39, 0.29) is 28.6 Å². The van der Waals surface area contributed by atoms with Gasteiger partial charge in [0.25, 0.3) is 10.0 Å². The highest BCUT2D eigenvalue weighted by molar-refractivity contribution is 7.99. The Kier molecular flexibility index (Phi) is 9.33. The van der Waals surface area contributed by atoms with Crippen LogP contribution in [0, 0.1) is 0 Å². The van der Waals surface area contributed by atoms with Gasteiger partial charge in [-0.05, 0) is 42.5 Å². The number of halogens is 3. The molecule has 198 valence electrons. The van der Waals surface area contributed by atoms with E-state index >= 15 is 0 Å².